The molecule has 1 N–H and O–H groups in total. The standard InChI is InChI=1S/C13H21N3OS/c1-2-16-5-6-17-12(9-16)13-15-8-11(18-13)7-14-10-3-4-10/h8,10,12,14H,2-7,9H2,1H3. The van der Waals surface area contributed by atoms with Crippen LogP contribution in [0.5, 0.6) is 0 Å². The van der Waals surface area contributed by atoms with Crippen molar-refractivity contribution in [1.29, 1.82) is 0 Å². The van der Waals surface area contributed by atoms with Gasteiger partial charge in [0.05, 0.1) is 6.61 Å². The van der Waals surface area contributed by atoms with E-state index in [0.717, 1.165) is 43.8 Å². The molecule has 2 fully saturated rings. The highest BCUT2D eigenvalue weighted by molar-refractivity contribution is 7.11. The van der Waals surface area contributed by atoms with Gasteiger partial charge in [0.25, 0.3) is 0 Å². The summed E-state index contributed by atoms with van der Waals surface area (Å²) in [6, 6.07) is 0.761. The van der Waals surface area contributed by atoms with E-state index in [1.54, 1.807) is 11.3 Å². The third-order valence-electron chi connectivity index (χ3n) is 3.59. The van der Waals surface area contributed by atoms with E-state index in [0.29, 0.717) is 0 Å². The minimum absolute atomic E-state index is 0.179. The second-order valence-corrected chi connectivity index (χ2v) is 6.22. The van der Waals surface area contributed by atoms with E-state index < -0.39 is 0 Å². The van der Waals surface area contributed by atoms with Gasteiger partial charge in [-0.25, -0.2) is 4.98 Å². The Kier molecular flexibility index (Phi) is 3.94. The lowest BCUT2D eigenvalue weighted by Crippen LogP contribution is -2.37. The largest absolute Gasteiger partial charge is 0.368 e. The van der Waals surface area contributed by atoms with Crippen molar-refractivity contribution in [3.8, 4) is 0 Å². The minimum Gasteiger partial charge on any atom is -0.368 e. The molecule has 1 aromatic heterocycles. The van der Waals surface area contributed by atoms with Gasteiger partial charge in [0.1, 0.15) is 11.1 Å². The predicted octanol–water partition coefficient (Wildman–Crippen LogP) is 1.79. The summed E-state index contributed by atoms with van der Waals surface area (Å²) in [5.74, 6) is 0. The quantitative estimate of drug-likeness (QED) is 0.882. The fourth-order valence-corrected chi connectivity index (χ4v) is 3.13. The highest BCUT2D eigenvalue weighted by Crippen LogP contribution is 2.27. The van der Waals surface area contributed by atoms with Gasteiger partial charge >= 0.3 is 0 Å². The molecule has 1 atom stereocenters. The van der Waals surface area contributed by atoms with Gasteiger partial charge in [0.15, 0.2) is 0 Å². The number of hydrogen-bond acceptors (Lipinski definition) is 5. The molecule has 1 aliphatic heterocycles. The molecule has 1 saturated heterocycles. The Hall–Kier alpha value is -0.490. The lowest BCUT2D eigenvalue weighted by Gasteiger charge is -2.30. The van der Waals surface area contributed by atoms with Gasteiger partial charge in [0, 0.05) is 36.8 Å². The molecule has 2 heterocycles. The maximum absolute atomic E-state index is 5.83. The summed E-state index contributed by atoms with van der Waals surface area (Å²) >= 11 is 1.80. The number of rotatable bonds is 5. The van der Waals surface area contributed by atoms with Crippen LogP contribution in [-0.2, 0) is 11.3 Å². The number of morpholine rings is 1. The Morgan fingerprint density at radius 2 is 2.44 bits per heavy atom. The molecule has 0 aromatic carbocycles. The van der Waals surface area contributed by atoms with E-state index in [2.05, 4.69) is 22.1 Å². The molecule has 0 radical (unpaired) electrons. The maximum atomic E-state index is 5.83. The van der Waals surface area contributed by atoms with Crippen LogP contribution >= 0.6 is 11.3 Å². The summed E-state index contributed by atoms with van der Waals surface area (Å²) in [4.78, 5) is 8.29. The van der Waals surface area contributed by atoms with Crippen molar-refractivity contribution in [2.45, 2.75) is 38.5 Å². The molecule has 0 amide bonds. The average Bonchev–Trinajstić information content (AvgIpc) is 3.13. The smallest absolute Gasteiger partial charge is 0.123 e. The van der Waals surface area contributed by atoms with Crippen LogP contribution in [-0.4, -0.2) is 42.2 Å². The zero-order chi connectivity index (χ0) is 12.4. The monoisotopic (exact) mass is 267 g/mol. The first-order valence-electron chi connectivity index (χ1n) is 6.87. The summed E-state index contributed by atoms with van der Waals surface area (Å²) in [5, 5.41) is 4.67. The number of thiazole rings is 1. The third-order valence-corrected chi connectivity index (χ3v) is 4.68. The number of aromatic nitrogens is 1. The zero-order valence-corrected chi connectivity index (χ0v) is 11.7. The van der Waals surface area contributed by atoms with Gasteiger partial charge in [0.2, 0.25) is 0 Å². The lowest BCUT2D eigenvalue weighted by molar-refractivity contribution is -0.0282. The molecule has 0 bridgehead atoms. The van der Waals surface area contributed by atoms with Crippen LogP contribution in [0.3, 0.4) is 0 Å². The molecule has 5 heteroatoms. The minimum atomic E-state index is 0.179. The Morgan fingerprint density at radius 3 is 3.22 bits per heavy atom. The van der Waals surface area contributed by atoms with E-state index in [1.165, 1.54) is 17.7 Å². The highest BCUT2D eigenvalue weighted by Gasteiger charge is 2.24. The number of nitrogens with zero attached hydrogens (tertiary/aromatic N) is 2. The van der Waals surface area contributed by atoms with E-state index in [9.17, 15) is 0 Å². The molecule has 1 unspecified atom stereocenters. The molecule has 1 saturated carbocycles. The van der Waals surface area contributed by atoms with Gasteiger partial charge in [-0.1, -0.05) is 6.92 Å². The Bertz CT molecular complexity index is 391. The van der Waals surface area contributed by atoms with Crippen LogP contribution in [0, 0.1) is 0 Å². The maximum Gasteiger partial charge on any atom is 0.123 e. The second kappa shape index (κ2) is 5.65. The Morgan fingerprint density at radius 1 is 1.56 bits per heavy atom. The second-order valence-electron chi connectivity index (χ2n) is 5.07. The van der Waals surface area contributed by atoms with E-state index in [1.807, 2.05) is 6.20 Å². The van der Waals surface area contributed by atoms with Crippen LogP contribution in [0.15, 0.2) is 6.20 Å². The average molecular weight is 267 g/mol. The normalized spacial score (nSPS) is 25.5. The highest BCUT2D eigenvalue weighted by atomic mass is 32.1. The molecule has 100 valence electrons. The Labute approximate surface area is 112 Å². The van der Waals surface area contributed by atoms with Crippen LogP contribution in [0.4, 0.5) is 0 Å². The first-order chi connectivity index (χ1) is 8.85. The summed E-state index contributed by atoms with van der Waals surface area (Å²) in [7, 11) is 0. The summed E-state index contributed by atoms with van der Waals surface area (Å²) < 4.78 is 5.83. The van der Waals surface area contributed by atoms with Gasteiger partial charge in [-0.15, -0.1) is 11.3 Å². The van der Waals surface area contributed by atoms with Gasteiger partial charge in [-0.3, -0.25) is 4.90 Å². The van der Waals surface area contributed by atoms with Crippen molar-refractivity contribution >= 4 is 11.3 Å². The third kappa shape index (κ3) is 3.09. The molecule has 2 aliphatic rings. The number of ether oxygens (including phenoxy) is 1. The van der Waals surface area contributed by atoms with Crippen molar-refractivity contribution in [1.82, 2.24) is 15.2 Å². The van der Waals surface area contributed by atoms with Crippen molar-refractivity contribution in [3.63, 3.8) is 0 Å². The van der Waals surface area contributed by atoms with Crippen LogP contribution in [0.2, 0.25) is 0 Å². The molecule has 1 aliphatic carbocycles. The van der Waals surface area contributed by atoms with E-state index in [-0.39, 0.29) is 6.10 Å². The Balaban J connectivity index is 1.57. The van der Waals surface area contributed by atoms with Gasteiger partial charge in [-0.05, 0) is 19.4 Å². The van der Waals surface area contributed by atoms with Crippen LogP contribution < -0.4 is 5.32 Å². The van der Waals surface area contributed by atoms with Gasteiger partial charge in [-0.2, -0.15) is 0 Å². The summed E-state index contributed by atoms with van der Waals surface area (Å²) in [6.07, 6.45) is 4.85. The molecular formula is C13H21N3OS. The zero-order valence-electron chi connectivity index (χ0n) is 10.9. The fraction of sp³-hybridized carbons (Fsp3) is 0.769. The van der Waals surface area contributed by atoms with Crippen LogP contribution in [0.1, 0.15) is 35.8 Å². The number of hydrogen-bond donors (Lipinski definition) is 1. The first kappa shape index (κ1) is 12.5. The predicted molar refractivity (Wildman–Crippen MR) is 72.8 cm³/mol. The molecule has 4 nitrogen and oxygen atoms in total. The molecule has 0 spiro atoms. The molecule has 3 rings (SSSR count). The topological polar surface area (TPSA) is 37.4 Å². The van der Waals surface area contributed by atoms with Gasteiger partial charge < -0.3 is 10.1 Å². The molecule has 18 heavy (non-hydrogen) atoms. The molecular weight excluding hydrogens is 246 g/mol. The molecule has 1 aromatic rings. The van der Waals surface area contributed by atoms with Crippen molar-refractivity contribution < 1.29 is 4.74 Å². The van der Waals surface area contributed by atoms with Crippen molar-refractivity contribution in [2.75, 3.05) is 26.2 Å². The SMILES string of the molecule is CCN1CCOC(c2ncc(CNC3CC3)s2)C1. The fourth-order valence-electron chi connectivity index (χ4n) is 2.22. The van der Waals surface area contributed by atoms with E-state index in [4.69, 9.17) is 4.74 Å². The first-order valence-corrected chi connectivity index (χ1v) is 7.68. The number of nitrogens with one attached hydrogen (secondary N) is 1. The summed E-state index contributed by atoms with van der Waals surface area (Å²) in [5.41, 5.74) is 0. The number of likely N-dealkylation sites (N-methyl/N-ethyl adjacent to an activating group) is 1. The summed E-state index contributed by atoms with van der Waals surface area (Å²) in [6.45, 7) is 7.13. The van der Waals surface area contributed by atoms with E-state index >= 15 is 0 Å². The van der Waals surface area contributed by atoms with Crippen LogP contribution in [0.25, 0.3) is 0 Å². The van der Waals surface area contributed by atoms with Crippen molar-refractivity contribution in [2.24, 2.45) is 0 Å². The lowest BCUT2D eigenvalue weighted by atomic mass is 10.3. The van der Waals surface area contributed by atoms with Crippen molar-refractivity contribution in [3.05, 3.63) is 16.1 Å².